The minimum atomic E-state index is -0.327. The number of hydrogen-bond donors (Lipinski definition) is 0. The second-order valence-corrected chi connectivity index (χ2v) is 4.97. The van der Waals surface area contributed by atoms with Crippen LogP contribution in [-0.2, 0) is 4.74 Å². The van der Waals surface area contributed by atoms with Crippen molar-refractivity contribution in [1.82, 2.24) is 0 Å². The summed E-state index contributed by atoms with van der Waals surface area (Å²) in [4.78, 5) is 11.4. The van der Waals surface area contributed by atoms with Crippen LogP contribution in [-0.4, -0.2) is 20.2 Å². The van der Waals surface area contributed by atoms with E-state index in [2.05, 4.69) is 27.3 Å². The van der Waals surface area contributed by atoms with Crippen molar-refractivity contribution in [1.29, 1.82) is 0 Å². The first-order valence-electron chi connectivity index (χ1n) is 5.68. The van der Waals surface area contributed by atoms with Crippen molar-refractivity contribution in [2.45, 2.75) is 0 Å². The lowest BCUT2D eigenvalue weighted by molar-refractivity contribution is 0.0601. The lowest BCUT2D eigenvalue weighted by Gasteiger charge is -2.09. The van der Waals surface area contributed by atoms with Crippen molar-refractivity contribution in [2.24, 2.45) is 0 Å². The van der Waals surface area contributed by atoms with E-state index in [4.69, 9.17) is 4.74 Å². The second-order valence-electron chi connectivity index (χ2n) is 3.89. The summed E-state index contributed by atoms with van der Waals surface area (Å²) in [5, 5.41) is 0. The highest BCUT2D eigenvalue weighted by Crippen LogP contribution is 2.31. The number of halogens is 1. The van der Waals surface area contributed by atoms with Crippen molar-refractivity contribution < 1.29 is 14.3 Å². The van der Waals surface area contributed by atoms with Crippen LogP contribution in [0.5, 0.6) is 5.75 Å². The van der Waals surface area contributed by atoms with Crippen molar-refractivity contribution in [3.63, 3.8) is 0 Å². The van der Waals surface area contributed by atoms with Crippen LogP contribution in [0.25, 0.3) is 11.1 Å². The zero-order chi connectivity index (χ0) is 13.8. The zero-order valence-electron chi connectivity index (χ0n) is 10.6. The van der Waals surface area contributed by atoms with Gasteiger partial charge in [0.05, 0.1) is 23.4 Å². The number of hydrogen-bond acceptors (Lipinski definition) is 3. The van der Waals surface area contributed by atoms with Gasteiger partial charge < -0.3 is 9.47 Å². The standard InChI is InChI=1S/C15H13IO3/c1-18-13-5-3-4-12(14(13)16)10-6-8-11(9-7-10)15(17)19-2/h3-9H,1-2H3. The maximum atomic E-state index is 11.4. The van der Waals surface area contributed by atoms with Crippen molar-refractivity contribution in [3.05, 3.63) is 51.6 Å². The maximum absolute atomic E-state index is 11.4. The van der Waals surface area contributed by atoms with Gasteiger partial charge in [0.25, 0.3) is 0 Å². The van der Waals surface area contributed by atoms with E-state index in [9.17, 15) is 4.79 Å². The Morgan fingerprint density at radius 3 is 2.32 bits per heavy atom. The van der Waals surface area contributed by atoms with E-state index in [0.29, 0.717) is 5.56 Å². The molecule has 0 aliphatic heterocycles. The third-order valence-electron chi connectivity index (χ3n) is 2.80. The molecule has 0 spiro atoms. The van der Waals surface area contributed by atoms with E-state index in [0.717, 1.165) is 20.4 Å². The predicted molar refractivity (Wildman–Crippen MR) is 82.5 cm³/mol. The number of benzene rings is 2. The van der Waals surface area contributed by atoms with E-state index >= 15 is 0 Å². The first kappa shape index (κ1) is 13.9. The summed E-state index contributed by atoms with van der Waals surface area (Å²) in [6, 6.07) is 13.2. The molecule has 3 nitrogen and oxygen atoms in total. The van der Waals surface area contributed by atoms with Gasteiger partial charge in [0.1, 0.15) is 5.75 Å². The van der Waals surface area contributed by atoms with Crippen LogP contribution in [0, 0.1) is 3.57 Å². The molecule has 0 amide bonds. The summed E-state index contributed by atoms with van der Waals surface area (Å²) in [5.41, 5.74) is 2.66. The van der Waals surface area contributed by atoms with Crippen LogP contribution >= 0.6 is 22.6 Å². The number of carbonyl (C=O) groups is 1. The Balaban J connectivity index is 2.40. The van der Waals surface area contributed by atoms with E-state index < -0.39 is 0 Å². The van der Waals surface area contributed by atoms with Gasteiger partial charge in [-0.2, -0.15) is 0 Å². The number of esters is 1. The quantitative estimate of drug-likeness (QED) is 0.612. The van der Waals surface area contributed by atoms with Crippen LogP contribution in [0.4, 0.5) is 0 Å². The smallest absolute Gasteiger partial charge is 0.337 e. The van der Waals surface area contributed by atoms with E-state index in [1.807, 2.05) is 30.3 Å². The third-order valence-corrected chi connectivity index (χ3v) is 3.91. The maximum Gasteiger partial charge on any atom is 0.337 e. The average Bonchev–Trinajstić information content (AvgIpc) is 2.47. The summed E-state index contributed by atoms with van der Waals surface area (Å²) in [6.07, 6.45) is 0. The van der Waals surface area contributed by atoms with E-state index in [1.165, 1.54) is 7.11 Å². The summed E-state index contributed by atoms with van der Waals surface area (Å²) >= 11 is 2.26. The monoisotopic (exact) mass is 368 g/mol. The Labute approximate surface area is 125 Å². The molecule has 0 saturated carbocycles. The molecule has 0 fully saturated rings. The van der Waals surface area contributed by atoms with Gasteiger partial charge in [0.15, 0.2) is 0 Å². The Morgan fingerprint density at radius 2 is 1.74 bits per heavy atom. The summed E-state index contributed by atoms with van der Waals surface area (Å²) < 4.78 is 11.0. The van der Waals surface area contributed by atoms with E-state index in [1.54, 1.807) is 19.2 Å². The molecule has 2 aromatic rings. The fourth-order valence-corrected chi connectivity index (χ4v) is 2.69. The normalized spacial score (nSPS) is 10.1. The molecule has 0 aliphatic carbocycles. The first-order valence-corrected chi connectivity index (χ1v) is 6.76. The summed E-state index contributed by atoms with van der Waals surface area (Å²) in [7, 11) is 3.03. The Morgan fingerprint density at radius 1 is 1.05 bits per heavy atom. The van der Waals surface area contributed by atoms with Crippen LogP contribution in [0.2, 0.25) is 0 Å². The average molecular weight is 368 g/mol. The highest BCUT2D eigenvalue weighted by Gasteiger charge is 2.09. The molecular formula is C15H13IO3. The number of carbonyl (C=O) groups excluding carboxylic acids is 1. The van der Waals surface area contributed by atoms with E-state index in [-0.39, 0.29) is 5.97 Å². The van der Waals surface area contributed by atoms with Gasteiger partial charge in [0, 0.05) is 0 Å². The van der Waals surface area contributed by atoms with Crippen molar-refractivity contribution in [3.8, 4) is 16.9 Å². The van der Waals surface area contributed by atoms with Gasteiger partial charge in [-0.05, 0) is 51.9 Å². The second kappa shape index (κ2) is 6.06. The summed E-state index contributed by atoms with van der Waals surface area (Å²) in [5.74, 6) is 0.516. The van der Waals surface area contributed by atoms with Crippen LogP contribution in [0.3, 0.4) is 0 Å². The number of rotatable bonds is 3. The Hall–Kier alpha value is -1.56. The molecule has 0 aromatic heterocycles. The summed E-state index contributed by atoms with van der Waals surface area (Å²) in [6.45, 7) is 0. The molecule has 0 heterocycles. The van der Waals surface area contributed by atoms with Crippen molar-refractivity contribution in [2.75, 3.05) is 14.2 Å². The molecule has 98 valence electrons. The molecular weight excluding hydrogens is 355 g/mol. The zero-order valence-corrected chi connectivity index (χ0v) is 12.8. The highest BCUT2D eigenvalue weighted by atomic mass is 127. The minimum absolute atomic E-state index is 0.327. The van der Waals surface area contributed by atoms with Crippen LogP contribution in [0.1, 0.15) is 10.4 Å². The molecule has 0 unspecified atom stereocenters. The Bertz CT molecular complexity index is 591. The lowest BCUT2D eigenvalue weighted by Crippen LogP contribution is -2.00. The molecule has 4 heteroatoms. The fourth-order valence-electron chi connectivity index (χ4n) is 1.80. The predicted octanol–water partition coefficient (Wildman–Crippen LogP) is 3.75. The Kier molecular flexibility index (Phi) is 4.42. The van der Waals surface area contributed by atoms with Gasteiger partial charge in [-0.3, -0.25) is 0 Å². The van der Waals surface area contributed by atoms with Crippen LogP contribution < -0.4 is 4.74 Å². The van der Waals surface area contributed by atoms with Gasteiger partial charge in [-0.1, -0.05) is 24.3 Å². The largest absolute Gasteiger partial charge is 0.496 e. The van der Waals surface area contributed by atoms with Crippen LogP contribution in [0.15, 0.2) is 42.5 Å². The molecule has 0 aliphatic rings. The SMILES string of the molecule is COC(=O)c1ccc(-c2cccc(OC)c2I)cc1. The molecule has 0 bridgehead atoms. The topological polar surface area (TPSA) is 35.5 Å². The molecule has 19 heavy (non-hydrogen) atoms. The van der Waals surface area contributed by atoms with Gasteiger partial charge >= 0.3 is 5.97 Å². The molecule has 2 rings (SSSR count). The molecule has 2 aromatic carbocycles. The van der Waals surface area contributed by atoms with Gasteiger partial charge in [-0.15, -0.1) is 0 Å². The number of ether oxygens (including phenoxy) is 2. The van der Waals surface area contributed by atoms with Gasteiger partial charge in [0.2, 0.25) is 0 Å². The first-order chi connectivity index (χ1) is 9.17. The molecule has 0 atom stereocenters. The lowest BCUT2D eigenvalue weighted by atomic mass is 10.0. The minimum Gasteiger partial charge on any atom is -0.496 e. The van der Waals surface area contributed by atoms with Crippen molar-refractivity contribution >= 4 is 28.6 Å². The van der Waals surface area contributed by atoms with Gasteiger partial charge in [-0.25, -0.2) is 4.79 Å². The highest BCUT2D eigenvalue weighted by molar-refractivity contribution is 14.1. The molecule has 0 radical (unpaired) electrons. The third kappa shape index (κ3) is 2.89. The number of methoxy groups -OCH3 is 2. The fraction of sp³-hybridized carbons (Fsp3) is 0.133. The molecule has 0 N–H and O–H groups in total. The molecule has 0 saturated heterocycles.